The molecule has 2 N–H and O–H groups in total. The van der Waals surface area contributed by atoms with Crippen molar-refractivity contribution in [1.82, 2.24) is 4.90 Å². The molecule has 116 valence electrons. The van der Waals surface area contributed by atoms with Crippen LogP contribution in [0.3, 0.4) is 0 Å². The summed E-state index contributed by atoms with van der Waals surface area (Å²) in [6.45, 7) is -0.0532. The number of amides is 2. The fourth-order valence-corrected chi connectivity index (χ4v) is 2.69. The molecule has 0 heterocycles. The fraction of sp³-hybridized carbons (Fsp3) is 0.412. The summed E-state index contributed by atoms with van der Waals surface area (Å²) in [5, 5.41) is 12.5. The summed E-state index contributed by atoms with van der Waals surface area (Å²) >= 11 is 0. The number of carbonyl (C=O) groups is 2. The van der Waals surface area contributed by atoms with Crippen LogP contribution in [0, 0.1) is 18.3 Å². The van der Waals surface area contributed by atoms with Crippen LogP contribution in [0.2, 0.25) is 0 Å². The van der Waals surface area contributed by atoms with Crippen molar-refractivity contribution in [1.29, 1.82) is 0 Å². The molecule has 1 aromatic rings. The highest BCUT2D eigenvalue weighted by Gasteiger charge is 2.33. The highest BCUT2D eigenvalue weighted by atomic mass is 16.3. The van der Waals surface area contributed by atoms with E-state index < -0.39 is 6.10 Å². The number of hydrogen-bond acceptors (Lipinski definition) is 3. The van der Waals surface area contributed by atoms with Crippen LogP contribution in [-0.4, -0.2) is 41.5 Å². The zero-order valence-electron chi connectivity index (χ0n) is 12.6. The van der Waals surface area contributed by atoms with Gasteiger partial charge in [0.05, 0.1) is 18.6 Å². The number of nitrogens with one attached hydrogen (secondary N) is 1. The first-order chi connectivity index (χ1) is 10.5. The number of aliphatic hydroxyl groups excluding tert-OH is 1. The van der Waals surface area contributed by atoms with Gasteiger partial charge in [0.2, 0.25) is 11.8 Å². The predicted molar refractivity (Wildman–Crippen MR) is 84.0 cm³/mol. The van der Waals surface area contributed by atoms with E-state index in [-0.39, 0.29) is 24.3 Å². The van der Waals surface area contributed by atoms with E-state index in [9.17, 15) is 14.7 Å². The highest BCUT2D eigenvalue weighted by Crippen LogP contribution is 2.26. The molecule has 2 rings (SSSR count). The van der Waals surface area contributed by atoms with Gasteiger partial charge in [-0.2, -0.15) is 0 Å². The summed E-state index contributed by atoms with van der Waals surface area (Å²) in [7, 11) is 1.57. The van der Waals surface area contributed by atoms with Crippen LogP contribution in [0.25, 0.3) is 0 Å². The van der Waals surface area contributed by atoms with Crippen molar-refractivity contribution in [3.63, 3.8) is 0 Å². The smallest absolute Gasteiger partial charge is 0.243 e. The van der Waals surface area contributed by atoms with E-state index in [2.05, 4.69) is 11.2 Å². The van der Waals surface area contributed by atoms with E-state index in [4.69, 9.17) is 6.42 Å². The molecule has 1 saturated carbocycles. The third-order valence-electron chi connectivity index (χ3n) is 3.87. The molecule has 0 bridgehead atoms. The van der Waals surface area contributed by atoms with E-state index in [1.54, 1.807) is 31.3 Å². The molecule has 0 radical (unpaired) electrons. The minimum atomic E-state index is -0.592. The minimum Gasteiger partial charge on any atom is -0.392 e. The van der Waals surface area contributed by atoms with Crippen LogP contribution >= 0.6 is 0 Å². The molecular weight excluding hydrogens is 280 g/mol. The van der Waals surface area contributed by atoms with Gasteiger partial charge in [-0.1, -0.05) is 12.0 Å². The van der Waals surface area contributed by atoms with Crippen molar-refractivity contribution in [3.05, 3.63) is 29.8 Å². The van der Waals surface area contributed by atoms with Gasteiger partial charge in [-0.15, -0.1) is 6.42 Å². The standard InChI is InChI=1S/C17H20N2O3/c1-3-12-6-4-7-13(10-12)18-16(21)11-19(2)17(22)14-8-5-9-15(14)20/h1,4,6-7,10,14-15,20H,5,8-9,11H2,2H3,(H,18,21). The zero-order valence-corrected chi connectivity index (χ0v) is 12.6. The van der Waals surface area contributed by atoms with Crippen molar-refractivity contribution in [3.8, 4) is 12.3 Å². The molecule has 5 nitrogen and oxygen atoms in total. The van der Waals surface area contributed by atoms with Gasteiger partial charge >= 0.3 is 0 Å². The Hall–Kier alpha value is -2.32. The number of terminal acetylenes is 1. The second-order valence-corrected chi connectivity index (χ2v) is 5.57. The second kappa shape index (κ2) is 7.10. The maximum atomic E-state index is 12.2. The SMILES string of the molecule is C#Cc1cccc(NC(=O)CN(C)C(=O)C2CCCC2O)c1. The Balaban J connectivity index is 1.91. The molecule has 1 aromatic carbocycles. The summed E-state index contributed by atoms with van der Waals surface area (Å²) in [6, 6.07) is 6.96. The lowest BCUT2D eigenvalue weighted by Gasteiger charge is -2.22. The lowest BCUT2D eigenvalue weighted by molar-refractivity contribution is -0.139. The number of benzene rings is 1. The second-order valence-electron chi connectivity index (χ2n) is 5.57. The quantitative estimate of drug-likeness (QED) is 0.822. The first-order valence-corrected chi connectivity index (χ1v) is 7.31. The van der Waals surface area contributed by atoms with Crippen LogP contribution in [-0.2, 0) is 9.59 Å². The molecule has 0 spiro atoms. The Bertz CT molecular complexity index is 606. The molecule has 5 heteroatoms. The number of anilines is 1. The third-order valence-corrected chi connectivity index (χ3v) is 3.87. The van der Waals surface area contributed by atoms with Crippen molar-refractivity contribution >= 4 is 17.5 Å². The summed E-state index contributed by atoms with van der Waals surface area (Å²) < 4.78 is 0. The summed E-state index contributed by atoms with van der Waals surface area (Å²) in [4.78, 5) is 25.6. The Labute approximate surface area is 130 Å². The highest BCUT2D eigenvalue weighted by molar-refractivity contribution is 5.95. The largest absolute Gasteiger partial charge is 0.392 e. The molecule has 2 amide bonds. The monoisotopic (exact) mass is 300 g/mol. The molecule has 2 atom stereocenters. The van der Waals surface area contributed by atoms with Gasteiger partial charge in [-0.25, -0.2) is 0 Å². The van der Waals surface area contributed by atoms with Gasteiger partial charge in [-0.05, 0) is 37.5 Å². The number of rotatable bonds is 4. The van der Waals surface area contributed by atoms with E-state index in [1.807, 2.05) is 0 Å². The average molecular weight is 300 g/mol. The van der Waals surface area contributed by atoms with Crippen molar-refractivity contribution < 1.29 is 14.7 Å². The van der Waals surface area contributed by atoms with Crippen LogP contribution in [0.4, 0.5) is 5.69 Å². The molecule has 0 saturated heterocycles. The van der Waals surface area contributed by atoms with Crippen LogP contribution in [0.1, 0.15) is 24.8 Å². The number of aliphatic hydroxyl groups is 1. The topological polar surface area (TPSA) is 69.6 Å². The molecule has 0 aromatic heterocycles. The molecule has 2 unspecified atom stereocenters. The van der Waals surface area contributed by atoms with E-state index >= 15 is 0 Å². The van der Waals surface area contributed by atoms with Gasteiger partial charge in [0, 0.05) is 18.3 Å². The van der Waals surface area contributed by atoms with Crippen LogP contribution in [0.5, 0.6) is 0 Å². The number of likely N-dealkylation sites (N-methyl/N-ethyl adjacent to an activating group) is 1. The minimum absolute atomic E-state index is 0.0532. The molecule has 1 aliphatic carbocycles. The van der Waals surface area contributed by atoms with Crippen molar-refractivity contribution in [2.45, 2.75) is 25.4 Å². The zero-order chi connectivity index (χ0) is 16.1. The molecule has 22 heavy (non-hydrogen) atoms. The normalized spacial score (nSPS) is 20.2. The molecule has 1 fully saturated rings. The number of nitrogens with zero attached hydrogens (tertiary/aromatic N) is 1. The van der Waals surface area contributed by atoms with Crippen molar-refractivity contribution in [2.75, 3.05) is 18.9 Å². The van der Waals surface area contributed by atoms with Crippen LogP contribution < -0.4 is 5.32 Å². The number of carbonyl (C=O) groups excluding carboxylic acids is 2. The molecule has 1 aliphatic rings. The van der Waals surface area contributed by atoms with Gasteiger partial charge in [0.15, 0.2) is 0 Å². The van der Waals surface area contributed by atoms with Gasteiger partial charge < -0.3 is 15.3 Å². The van der Waals surface area contributed by atoms with Gasteiger partial charge in [0.1, 0.15) is 0 Å². The van der Waals surface area contributed by atoms with Gasteiger partial charge in [-0.3, -0.25) is 9.59 Å². The summed E-state index contributed by atoms with van der Waals surface area (Å²) in [6.07, 6.45) is 6.89. The Kier molecular flexibility index (Phi) is 5.18. The fourth-order valence-electron chi connectivity index (χ4n) is 2.69. The first kappa shape index (κ1) is 16.1. The predicted octanol–water partition coefficient (Wildman–Crippen LogP) is 1.23. The third kappa shape index (κ3) is 3.86. The maximum absolute atomic E-state index is 12.2. The van der Waals surface area contributed by atoms with E-state index in [1.165, 1.54) is 4.90 Å². The first-order valence-electron chi connectivity index (χ1n) is 7.31. The summed E-state index contributed by atoms with van der Waals surface area (Å²) in [5.74, 6) is 1.63. The summed E-state index contributed by atoms with van der Waals surface area (Å²) in [5.41, 5.74) is 1.28. The van der Waals surface area contributed by atoms with Crippen molar-refractivity contribution in [2.24, 2.45) is 5.92 Å². The average Bonchev–Trinajstić information content (AvgIpc) is 2.92. The van der Waals surface area contributed by atoms with E-state index in [0.29, 0.717) is 24.1 Å². The van der Waals surface area contributed by atoms with Gasteiger partial charge in [0.25, 0.3) is 0 Å². The number of hydrogen-bond donors (Lipinski definition) is 2. The lowest BCUT2D eigenvalue weighted by Crippen LogP contribution is -2.40. The Morgan fingerprint density at radius 2 is 2.23 bits per heavy atom. The van der Waals surface area contributed by atoms with Crippen LogP contribution in [0.15, 0.2) is 24.3 Å². The molecular formula is C17H20N2O3. The molecule has 0 aliphatic heterocycles. The maximum Gasteiger partial charge on any atom is 0.243 e. The Morgan fingerprint density at radius 1 is 1.45 bits per heavy atom. The lowest BCUT2D eigenvalue weighted by atomic mass is 10.0. The Morgan fingerprint density at radius 3 is 2.86 bits per heavy atom. The van der Waals surface area contributed by atoms with E-state index in [0.717, 1.165) is 6.42 Å².